The number of ether oxygens (including phenoxy) is 1. The number of carbonyl (C=O) groups is 3. The van der Waals surface area contributed by atoms with Crippen molar-refractivity contribution in [1.82, 2.24) is 0 Å². The Morgan fingerprint density at radius 3 is 2.56 bits per heavy atom. The van der Waals surface area contributed by atoms with Crippen LogP contribution in [0.3, 0.4) is 0 Å². The van der Waals surface area contributed by atoms with Gasteiger partial charge in [0.15, 0.2) is 12.4 Å². The first-order valence-electron chi connectivity index (χ1n) is 8.83. The van der Waals surface area contributed by atoms with Crippen LogP contribution in [0, 0.1) is 5.92 Å². The van der Waals surface area contributed by atoms with Crippen LogP contribution in [-0.4, -0.2) is 30.8 Å². The minimum atomic E-state index is -0.569. The molecule has 5 nitrogen and oxygen atoms in total. The molecule has 2 aromatic carbocycles. The molecule has 6 heteroatoms. The lowest BCUT2D eigenvalue weighted by Crippen LogP contribution is -2.28. The third kappa shape index (κ3) is 4.37. The fraction of sp³-hybridized carbons (Fsp3) is 0.286. The van der Waals surface area contributed by atoms with Gasteiger partial charge < -0.3 is 9.64 Å². The highest BCUT2D eigenvalue weighted by molar-refractivity contribution is 6.30. The molecule has 0 saturated carbocycles. The number of anilines is 1. The summed E-state index contributed by atoms with van der Waals surface area (Å²) in [7, 11) is 0. The van der Waals surface area contributed by atoms with Gasteiger partial charge in [-0.25, -0.2) is 0 Å². The van der Waals surface area contributed by atoms with E-state index in [1.807, 2.05) is 31.2 Å². The SMILES string of the molecule is CCc1ccccc1N1CC(C(=O)OCC(=O)c2ccc(Cl)cc2)CC1=O. The number of para-hydroxylation sites is 1. The van der Waals surface area contributed by atoms with Crippen LogP contribution in [0.1, 0.15) is 29.3 Å². The molecule has 2 aromatic rings. The average molecular weight is 386 g/mol. The molecule has 1 aliphatic rings. The summed E-state index contributed by atoms with van der Waals surface area (Å²) in [6.07, 6.45) is 0.886. The summed E-state index contributed by atoms with van der Waals surface area (Å²) in [5.74, 6) is -1.51. The Morgan fingerprint density at radius 2 is 1.85 bits per heavy atom. The van der Waals surface area contributed by atoms with Gasteiger partial charge in [0.25, 0.3) is 0 Å². The van der Waals surface area contributed by atoms with E-state index in [0.29, 0.717) is 10.6 Å². The Labute approximate surface area is 162 Å². The molecule has 0 bridgehead atoms. The average Bonchev–Trinajstić information content (AvgIpc) is 3.08. The van der Waals surface area contributed by atoms with Crippen molar-refractivity contribution in [3.8, 4) is 0 Å². The molecule has 3 rings (SSSR count). The number of esters is 1. The summed E-state index contributed by atoms with van der Waals surface area (Å²) < 4.78 is 5.16. The predicted octanol–water partition coefficient (Wildman–Crippen LogP) is 3.68. The molecule has 1 saturated heterocycles. The van der Waals surface area contributed by atoms with Crippen molar-refractivity contribution in [1.29, 1.82) is 0 Å². The molecule has 0 N–H and O–H groups in total. The van der Waals surface area contributed by atoms with Gasteiger partial charge in [-0.2, -0.15) is 0 Å². The highest BCUT2D eigenvalue weighted by Gasteiger charge is 2.37. The zero-order valence-electron chi connectivity index (χ0n) is 15.0. The molecule has 27 heavy (non-hydrogen) atoms. The van der Waals surface area contributed by atoms with Gasteiger partial charge >= 0.3 is 5.97 Å². The number of aryl methyl sites for hydroxylation is 1. The van der Waals surface area contributed by atoms with Crippen LogP contribution in [0.25, 0.3) is 0 Å². The molecule has 0 aliphatic carbocycles. The largest absolute Gasteiger partial charge is 0.457 e. The maximum atomic E-state index is 12.4. The van der Waals surface area contributed by atoms with E-state index in [-0.39, 0.29) is 31.3 Å². The second-order valence-corrected chi connectivity index (χ2v) is 6.86. The lowest BCUT2D eigenvalue weighted by atomic mass is 10.1. The van der Waals surface area contributed by atoms with E-state index in [2.05, 4.69) is 0 Å². The van der Waals surface area contributed by atoms with E-state index >= 15 is 0 Å². The maximum absolute atomic E-state index is 12.4. The first-order valence-corrected chi connectivity index (χ1v) is 9.21. The lowest BCUT2D eigenvalue weighted by Gasteiger charge is -2.19. The van der Waals surface area contributed by atoms with E-state index < -0.39 is 11.9 Å². The standard InChI is InChI=1S/C21H20ClNO4/c1-2-14-5-3-4-6-18(14)23-12-16(11-20(23)25)21(26)27-13-19(24)15-7-9-17(22)10-8-15/h3-10,16H,2,11-13H2,1H3. The van der Waals surface area contributed by atoms with Crippen molar-refractivity contribution in [2.45, 2.75) is 19.8 Å². The topological polar surface area (TPSA) is 63.7 Å². The van der Waals surface area contributed by atoms with Crippen LogP contribution < -0.4 is 4.90 Å². The number of halogens is 1. The molecule has 0 aromatic heterocycles. The molecular weight excluding hydrogens is 366 g/mol. The third-order valence-electron chi connectivity index (χ3n) is 4.63. The number of Topliss-reactive ketones (excluding diaryl/α,β-unsaturated/α-hetero) is 1. The van der Waals surface area contributed by atoms with Gasteiger partial charge in [0.1, 0.15) is 0 Å². The highest BCUT2D eigenvalue weighted by atomic mass is 35.5. The van der Waals surface area contributed by atoms with Crippen molar-refractivity contribution in [2.24, 2.45) is 5.92 Å². The van der Waals surface area contributed by atoms with Crippen LogP contribution in [0.4, 0.5) is 5.69 Å². The van der Waals surface area contributed by atoms with E-state index in [1.165, 1.54) is 0 Å². The van der Waals surface area contributed by atoms with Gasteiger partial charge in [-0.05, 0) is 42.3 Å². The van der Waals surface area contributed by atoms with Crippen molar-refractivity contribution >= 4 is 34.9 Å². The van der Waals surface area contributed by atoms with E-state index in [1.54, 1.807) is 29.2 Å². The summed E-state index contributed by atoms with van der Waals surface area (Å²) >= 11 is 5.80. The molecule has 1 heterocycles. The number of carbonyl (C=O) groups excluding carboxylic acids is 3. The zero-order valence-corrected chi connectivity index (χ0v) is 15.7. The Bertz CT molecular complexity index is 863. The molecule has 1 unspecified atom stereocenters. The monoisotopic (exact) mass is 385 g/mol. The first kappa shape index (κ1) is 19.1. The smallest absolute Gasteiger partial charge is 0.311 e. The van der Waals surface area contributed by atoms with Crippen molar-refractivity contribution in [3.63, 3.8) is 0 Å². The number of nitrogens with zero attached hydrogens (tertiary/aromatic N) is 1. The summed E-state index contributed by atoms with van der Waals surface area (Å²) in [6.45, 7) is 1.94. The second kappa shape index (κ2) is 8.35. The van der Waals surface area contributed by atoms with Gasteiger partial charge in [0, 0.05) is 29.2 Å². The van der Waals surface area contributed by atoms with E-state index in [4.69, 9.17) is 16.3 Å². The maximum Gasteiger partial charge on any atom is 0.311 e. The number of ketones is 1. The summed E-state index contributed by atoms with van der Waals surface area (Å²) in [6, 6.07) is 14.0. The third-order valence-corrected chi connectivity index (χ3v) is 4.89. The fourth-order valence-corrected chi connectivity index (χ4v) is 3.27. The number of hydrogen-bond donors (Lipinski definition) is 0. The molecule has 1 amide bonds. The highest BCUT2D eigenvalue weighted by Crippen LogP contribution is 2.29. The molecule has 0 spiro atoms. The van der Waals surface area contributed by atoms with E-state index in [9.17, 15) is 14.4 Å². The van der Waals surface area contributed by atoms with Gasteiger partial charge in [-0.15, -0.1) is 0 Å². The molecule has 0 radical (unpaired) electrons. The van der Waals surface area contributed by atoms with Crippen molar-refractivity contribution < 1.29 is 19.1 Å². The molecule has 1 atom stereocenters. The van der Waals surface area contributed by atoms with Gasteiger partial charge in [-0.3, -0.25) is 14.4 Å². The van der Waals surface area contributed by atoms with Crippen LogP contribution in [0.15, 0.2) is 48.5 Å². The van der Waals surface area contributed by atoms with Crippen molar-refractivity contribution in [3.05, 3.63) is 64.7 Å². The minimum absolute atomic E-state index is 0.0893. The van der Waals surface area contributed by atoms with Crippen LogP contribution >= 0.6 is 11.6 Å². The summed E-state index contributed by atoms with van der Waals surface area (Å²) in [4.78, 5) is 38.5. The van der Waals surface area contributed by atoms with Crippen LogP contribution in [0.5, 0.6) is 0 Å². The number of hydrogen-bond acceptors (Lipinski definition) is 4. The molecule has 140 valence electrons. The first-order chi connectivity index (χ1) is 13.0. The molecular formula is C21H20ClNO4. The normalized spacial score (nSPS) is 16.4. The lowest BCUT2D eigenvalue weighted by molar-refractivity contribution is -0.147. The summed E-state index contributed by atoms with van der Waals surface area (Å²) in [5.41, 5.74) is 2.31. The van der Waals surface area contributed by atoms with Gasteiger partial charge in [0.2, 0.25) is 5.91 Å². The van der Waals surface area contributed by atoms with E-state index in [0.717, 1.165) is 17.7 Å². The summed E-state index contributed by atoms with van der Waals surface area (Å²) in [5, 5.41) is 0.528. The van der Waals surface area contributed by atoms with Crippen LogP contribution in [0.2, 0.25) is 5.02 Å². The number of benzene rings is 2. The van der Waals surface area contributed by atoms with Gasteiger partial charge in [0.05, 0.1) is 5.92 Å². The predicted molar refractivity (Wildman–Crippen MR) is 103 cm³/mol. The Kier molecular flexibility index (Phi) is 5.91. The number of amides is 1. The fourth-order valence-electron chi connectivity index (χ4n) is 3.15. The zero-order chi connectivity index (χ0) is 19.4. The van der Waals surface area contributed by atoms with Gasteiger partial charge in [-0.1, -0.05) is 36.7 Å². The molecule has 1 fully saturated rings. The Balaban J connectivity index is 1.60. The van der Waals surface area contributed by atoms with Crippen LogP contribution in [-0.2, 0) is 20.7 Å². The quantitative estimate of drug-likeness (QED) is 0.562. The number of rotatable bonds is 6. The Morgan fingerprint density at radius 1 is 1.15 bits per heavy atom. The Hall–Kier alpha value is -2.66. The molecule has 1 aliphatic heterocycles. The minimum Gasteiger partial charge on any atom is -0.457 e. The second-order valence-electron chi connectivity index (χ2n) is 6.43. The van der Waals surface area contributed by atoms with Crippen molar-refractivity contribution in [2.75, 3.05) is 18.1 Å².